The third-order valence-electron chi connectivity index (χ3n) is 2.59. The molecule has 0 aliphatic carbocycles. The molecule has 1 aromatic carbocycles. The fourth-order valence-electron chi connectivity index (χ4n) is 1.53. The van der Waals surface area contributed by atoms with Crippen molar-refractivity contribution in [2.75, 3.05) is 33.4 Å². The van der Waals surface area contributed by atoms with Crippen LogP contribution in [0.3, 0.4) is 0 Å². The van der Waals surface area contributed by atoms with Crippen LogP contribution in [0.2, 0.25) is 5.02 Å². The maximum absolute atomic E-state index is 5.96. The SMILES string of the molecule is COCCNCCNCc1cc(Cl)ccc1C. The molecule has 1 rings (SSSR count). The first-order chi connectivity index (χ1) is 8.24. The van der Waals surface area contributed by atoms with E-state index in [9.17, 15) is 0 Å². The Bertz CT molecular complexity index is 331. The molecule has 0 bridgehead atoms. The minimum atomic E-state index is 0.757. The molecule has 96 valence electrons. The highest BCUT2D eigenvalue weighted by molar-refractivity contribution is 6.30. The van der Waals surface area contributed by atoms with Crippen molar-refractivity contribution in [3.63, 3.8) is 0 Å². The van der Waals surface area contributed by atoms with Crippen LogP contribution in [0.15, 0.2) is 18.2 Å². The Kier molecular flexibility index (Phi) is 7.21. The van der Waals surface area contributed by atoms with Gasteiger partial charge in [-0.05, 0) is 30.2 Å². The van der Waals surface area contributed by atoms with E-state index in [0.717, 1.165) is 37.8 Å². The zero-order valence-corrected chi connectivity index (χ0v) is 11.3. The van der Waals surface area contributed by atoms with E-state index in [-0.39, 0.29) is 0 Å². The highest BCUT2D eigenvalue weighted by Gasteiger charge is 1.98. The summed E-state index contributed by atoms with van der Waals surface area (Å²) >= 11 is 5.96. The van der Waals surface area contributed by atoms with E-state index in [1.807, 2.05) is 12.1 Å². The number of nitrogens with one attached hydrogen (secondary N) is 2. The molecule has 0 fully saturated rings. The fraction of sp³-hybridized carbons (Fsp3) is 0.538. The molecule has 4 heteroatoms. The third-order valence-corrected chi connectivity index (χ3v) is 2.82. The van der Waals surface area contributed by atoms with Gasteiger partial charge in [0.2, 0.25) is 0 Å². The molecule has 0 saturated heterocycles. The number of halogens is 1. The normalized spacial score (nSPS) is 10.8. The van der Waals surface area contributed by atoms with Gasteiger partial charge < -0.3 is 15.4 Å². The second-order valence-corrected chi connectivity index (χ2v) is 4.43. The predicted molar refractivity (Wildman–Crippen MR) is 72.6 cm³/mol. The molecule has 3 nitrogen and oxygen atoms in total. The van der Waals surface area contributed by atoms with Crippen molar-refractivity contribution in [3.05, 3.63) is 34.3 Å². The van der Waals surface area contributed by atoms with Crippen molar-refractivity contribution in [3.8, 4) is 0 Å². The Labute approximate surface area is 109 Å². The van der Waals surface area contributed by atoms with Crippen LogP contribution >= 0.6 is 11.6 Å². The summed E-state index contributed by atoms with van der Waals surface area (Å²) in [5.74, 6) is 0. The van der Waals surface area contributed by atoms with Crippen LogP contribution in [0.5, 0.6) is 0 Å². The molecule has 2 N–H and O–H groups in total. The molecule has 1 aromatic rings. The van der Waals surface area contributed by atoms with E-state index in [1.165, 1.54) is 11.1 Å². The molecule has 17 heavy (non-hydrogen) atoms. The maximum atomic E-state index is 5.96. The molecule has 0 atom stereocenters. The van der Waals surface area contributed by atoms with Crippen molar-refractivity contribution < 1.29 is 4.74 Å². The zero-order chi connectivity index (χ0) is 12.5. The minimum Gasteiger partial charge on any atom is -0.383 e. The number of ether oxygens (including phenoxy) is 1. The summed E-state index contributed by atoms with van der Waals surface area (Å²) in [4.78, 5) is 0. The lowest BCUT2D eigenvalue weighted by atomic mass is 10.1. The Morgan fingerprint density at radius 1 is 1.18 bits per heavy atom. The third kappa shape index (κ3) is 6.03. The summed E-state index contributed by atoms with van der Waals surface area (Å²) in [6.45, 7) is 6.50. The molecule has 0 spiro atoms. The van der Waals surface area contributed by atoms with Crippen LogP contribution in [-0.2, 0) is 11.3 Å². The first-order valence-electron chi connectivity index (χ1n) is 5.89. The Hall–Kier alpha value is -0.610. The van der Waals surface area contributed by atoms with Gasteiger partial charge in [-0.3, -0.25) is 0 Å². The van der Waals surface area contributed by atoms with Gasteiger partial charge in [-0.25, -0.2) is 0 Å². The van der Waals surface area contributed by atoms with Crippen molar-refractivity contribution in [1.82, 2.24) is 10.6 Å². The van der Waals surface area contributed by atoms with Crippen LogP contribution in [0, 0.1) is 6.92 Å². The van der Waals surface area contributed by atoms with Crippen LogP contribution in [0.4, 0.5) is 0 Å². The highest BCUT2D eigenvalue weighted by Crippen LogP contribution is 2.14. The molecule has 0 amide bonds. The second kappa shape index (κ2) is 8.48. The fourth-order valence-corrected chi connectivity index (χ4v) is 1.72. The lowest BCUT2D eigenvalue weighted by molar-refractivity contribution is 0.199. The highest BCUT2D eigenvalue weighted by atomic mass is 35.5. The summed E-state index contributed by atoms with van der Waals surface area (Å²) in [7, 11) is 1.71. The molecule has 0 unspecified atom stereocenters. The van der Waals surface area contributed by atoms with Crippen molar-refractivity contribution in [2.24, 2.45) is 0 Å². The van der Waals surface area contributed by atoms with Gasteiger partial charge in [-0.1, -0.05) is 17.7 Å². The van der Waals surface area contributed by atoms with E-state index >= 15 is 0 Å². The van der Waals surface area contributed by atoms with E-state index < -0.39 is 0 Å². The molecule has 0 aromatic heterocycles. The number of benzene rings is 1. The number of hydrogen-bond donors (Lipinski definition) is 2. The largest absolute Gasteiger partial charge is 0.383 e. The number of hydrogen-bond acceptors (Lipinski definition) is 3. The van der Waals surface area contributed by atoms with E-state index in [4.69, 9.17) is 16.3 Å². The van der Waals surface area contributed by atoms with Crippen LogP contribution in [0.25, 0.3) is 0 Å². The summed E-state index contributed by atoms with van der Waals surface area (Å²) in [6.07, 6.45) is 0. The Morgan fingerprint density at radius 3 is 2.71 bits per heavy atom. The molecule has 0 saturated carbocycles. The second-order valence-electron chi connectivity index (χ2n) is 3.99. The van der Waals surface area contributed by atoms with Gasteiger partial charge in [-0.2, -0.15) is 0 Å². The van der Waals surface area contributed by atoms with Crippen LogP contribution < -0.4 is 10.6 Å². The van der Waals surface area contributed by atoms with Crippen molar-refractivity contribution >= 4 is 11.6 Å². The summed E-state index contributed by atoms with van der Waals surface area (Å²) in [6, 6.07) is 5.99. The number of methoxy groups -OCH3 is 1. The molecule has 0 heterocycles. The molecule has 0 aliphatic heterocycles. The first kappa shape index (κ1) is 14.5. The molecule has 0 radical (unpaired) electrons. The van der Waals surface area contributed by atoms with Gasteiger partial charge >= 0.3 is 0 Å². The van der Waals surface area contributed by atoms with Crippen LogP contribution in [0.1, 0.15) is 11.1 Å². The Morgan fingerprint density at radius 2 is 1.94 bits per heavy atom. The number of aryl methyl sites for hydroxylation is 1. The lowest BCUT2D eigenvalue weighted by Crippen LogP contribution is -2.29. The van der Waals surface area contributed by atoms with E-state index in [0.29, 0.717) is 0 Å². The average Bonchev–Trinajstić information content (AvgIpc) is 2.32. The predicted octanol–water partition coefficient (Wildman–Crippen LogP) is 1.97. The average molecular weight is 257 g/mol. The lowest BCUT2D eigenvalue weighted by Gasteiger charge is -2.09. The summed E-state index contributed by atoms with van der Waals surface area (Å²) in [5, 5.41) is 7.47. The Balaban J connectivity index is 2.15. The van der Waals surface area contributed by atoms with Gasteiger partial charge in [-0.15, -0.1) is 0 Å². The zero-order valence-electron chi connectivity index (χ0n) is 10.6. The monoisotopic (exact) mass is 256 g/mol. The first-order valence-corrected chi connectivity index (χ1v) is 6.27. The standard InChI is InChI=1S/C13H21ClN2O/c1-11-3-4-13(14)9-12(11)10-16-6-5-15-7-8-17-2/h3-4,9,15-16H,5-8,10H2,1-2H3. The van der Waals surface area contributed by atoms with E-state index in [2.05, 4.69) is 23.6 Å². The maximum Gasteiger partial charge on any atom is 0.0587 e. The molecular formula is C13H21ClN2O. The minimum absolute atomic E-state index is 0.757. The van der Waals surface area contributed by atoms with Gasteiger partial charge in [0.25, 0.3) is 0 Å². The smallest absolute Gasteiger partial charge is 0.0587 e. The van der Waals surface area contributed by atoms with Gasteiger partial charge in [0.05, 0.1) is 6.61 Å². The molecular weight excluding hydrogens is 236 g/mol. The molecule has 0 aliphatic rings. The van der Waals surface area contributed by atoms with Crippen molar-refractivity contribution in [2.45, 2.75) is 13.5 Å². The summed E-state index contributed by atoms with van der Waals surface area (Å²) < 4.78 is 4.95. The van der Waals surface area contributed by atoms with Crippen LogP contribution in [-0.4, -0.2) is 33.4 Å². The van der Waals surface area contributed by atoms with Gasteiger partial charge in [0, 0.05) is 38.3 Å². The summed E-state index contributed by atoms with van der Waals surface area (Å²) in [5.41, 5.74) is 2.53. The van der Waals surface area contributed by atoms with E-state index in [1.54, 1.807) is 7.11 Å². The number of rotatable bonds is 8. The topological polar surface area (TPSA) is 33.3 Å². The quantitative estimate of drug-likeness (QED) is 0.698. The van der Waals surface area contributed by atoms with Gasteiger partial charge in [0.1, 0.15) is 0 Å². The van der Waals surface area contributed by atoms with Gasteiger partial charge in [0.15, 0.2) is 0 Å². The van der Waals surface area contributed by atoms with Crippen molar-refractivity contribution in [1.29, 1.82) is 0 Å².